The summed E-state index contributed by atoms with van der Waals surface area (Å²) < 4.78 is 1.61. The Hall–Kier alpha value is -2.63. The third kappa shape index (κ3) is 3.92. The van der Waals surface area contributed by atoms with Crippen LogP contribution in [0.25, 0.3) is 0 Å². The molecule has 0 aliphatic heterocycles. The molecule has 0 atom stereocenters. The number of hydrogen-bond acceptors (Lipinski definition) is 3. The number of carbonyl (C=O) groups excluding carboxylic acids is 2. The van der Waals surface area contributed by atoms with E-state index in [9.17, 15) is 9.59 Å². The topological polar surface area (TPSA) is 76.0 Å². The molecule has 0 spiro atoms. The van der Waals surface area contributed by atoms with E-state index in [-0.39, 0.29) is 18.4 Å². The first kappa shape index (κ1) is 14.8. The van der Waals surface area contributed by atoms with Gasteiger partial charge in [-0.2, -0.15) is 5.10 Å². The number of nitrogens with one attached hydrogen (secondary N) is 2. The van der Waals surface area contributed by atoms with Crippen LogP contribution >= 0.6 is 0 Å². The highest BCUT2D eigenvalue weighted by Crippen LogP contribution is 2.08. The second-order valence-electron chi connectivity index (χ2n) is 4.89. The Kier molecular flexibility index (Phi) is 4.37. The molecule has 0 saturated heterocycles. The molecule has 1 aromatic carbocycles. The van der Waals surface area contributed by atoms with Gasteiger partial charge in [-0.1, -0.05) is 17.7 Å². The zero-order chi connectivity index (χ0) is 15.4. The van der Waals surface area contributed by atoms with E-state index in [1.54, 1.807) is 17.8 Å². The van der Waals surface area contributed by atoms with E-state index < -0.39 is 0 Å². The number of anilines is 1. The summed E-state index contributed by atoms with van der Waals surface area (Å²) in [6.45, 7) is 3.73. The number of hydrogen-bond donors (Lipinski definition) is 2. The van der Waals surface area contributed by atoms with Crippen molar-refractivity contribution in [3.05, 3.63) is 47.3 Å². The first-order valence-corrected chi connectivity index (χ1v) is 6.61. The summed E-state index contributed by atoms with van der Waals surface area (Å²) in [5.41, 5.74) is 3.00. The summed E-state index contributed by atoms with van der Waals surface area (Å²) in [6.07, 6.45) is 0. The molecule has 1 heterocycles. The number of aromatic nitrogens is 2. The molecule has 2 aromatic rings. The summed E-state index contributed by atoms with van der Waals surface area (Å²) in [4.78, 5) is 23.6. The van der Waals surface area contributed by atoms with E-state index in [1.165, 1.54) is 0 Å². The summed E-state index contributed by atoms with van der Waals surface area (Å²) in [7, 11) is 1.76. The molecule has 0 fully saturated rings. The summed E-state index contributed by atoms with van der Waals surface area (Å²) in [5.74, 6) is -0.641. The van der Waals surface area contributed by atoms with Gasteiger partial charge < -0.3 is 10.6 Å². The van der Waals surface area contributed by atoms with Crippen molar-refractivity contribution in [3.63, 3.8) is 0 Å². The molecule has 0 bridgehead atoms. The first-order chi connectivity index (χ1) is 9.95. The Balaban J connectivity index is 1.86. The predicted octanol–water partition coefficient (Wildman–Crippen LogP) is 1.41. The normalized spacial score (nSPS) is 10.2. The van der Waals surface area contributed by atoms with Crippen molar-refractivity contribution in [2.24, 2.45) is 7.05 Å². The maximum absolute atomic E-state index is 11.8. The molecule has 2 amide bonds. The van der Waals surface area contributed by atoms with Crippen LogP contribution in [0.1, 0.15) is 21.7 Å². The molecule has 6 nitrogen and oxygen atoms in total. The fraction of sp³-hybridized carbons (Fsp3) is 0.267. The van der Waals surface area contributed by atoms with Crippen molar-refractivity contribution in [3.8, 4) is 0 Å². The van der Waals surface area contributed by atoms with Crippen LogP contribution in [-0.4, -0.2) is 28.1 Å². The van der Waals surface area contributed by atoms with Gasteiger partial charge in [0, 0.05) is 18.4 Å². The zero-order valence-electron chi connectivity index (χ0n) is 12.3. The fourth-order valence-corrected chi connectivity index (χ4v) is 1.76. The standard InChI is InChI=1S/C15H18N4O2/c1-10-4-6-12(7-5-10)17-14(20)9-16-15(21)13-8-11(2)19(3)18-13/h4-8H,9H2,1-3H3,(H,16,21)(H,17,20). The molecule has 0 saturated carbocycles. The maximum Gasteiger partial charge on any atom is 0.272 e. The number of carbonyl (C=O) groups is 2. The van der Waals surface area contributed by atoms with Crippen LogP contribution < -0.4 is 10.6 Å². The molecule has 2 N–H and O–H groups in total. The van der Waals surface area contributed by atoms with E-state index in [1.807, 2.05) is 38.1 Å². The zero-order valence-corrected chi connectivity index (χ0v) is 12.3. The van der Waals surface area contributed by atoms with Gasteiger partial charge in [-0.15, -0.1) is 0 Å². The lowest BCUT2D eigenvalue weighted by Gasteiger charge is -2.06. The number of aryl methyl sites for hydroxylation is 3. The van der Waals surface area contributed by atoms with Crippen LogP contribution in [0, 0.1) is 13.8 Å². The summed E-state index contributed by atoms with van der Waals surface area (Å²) >= 11 is 0. The summed E-state index contributed by atoms with van der Waals surface area (Å²) in [5, 5.41) is 9.31. The van der Waals surface area contributed by atoms with Crippen LogP contribution in [0.4, 0.5) is 5.69 Å². The Bertz CT molecular complexity index is 639. The quantitative estimate of drug-likeness (QED) is 0.892. The Morgan fingerprint density at radius 3 is 2.43 bits per heavy atom. The van der Waals surface area contributed by atoms with Crippen LogP contribution in [0.15, 0.2) is 30.3 Å². The van der Waals surface area contributed by atoms with E-state index in [4.69, 9.17) is 0 Å². The second kappa shape index (κ2) is 6.21. The summed E-state index contributed by atoms with van der Waals surface area (Å²) in [6, 6.07) is 9.12. The highest BCUT2D eigenvalue weighted by Gasteiger charge is 2.12. The lowest BCUT2D eigenvalue weighted by atomic mass is 10.2. The monoisotopic (exact) mass is 286 g/mol. The highest BCUT2D eigenvalue weighted by atomic mass is 16.2. The molecule has 2 rings (SSSR count). The highest BCUT2D eigenvalue weighted by molar-refractivity contribution is 5.98. The second-order valence-corrected chi connectivity index (χ2v) is 4.89. The fourth-order valence-electron chi connectivity index (χ4n) is 1.76. The van der Waals surface area contributed by atoms with Crippen LogP contribution in [0.5, 0.6) is 0 Å². The van der Waals surface area contributed by atoms with Gasteiger partial charge in [0.25, 0.3) is 5.91 Å². The van der Waals surface area contributed by atoms with Crippen molar-refractivity contribution in [2.45, 2.75) is 13.8 Å². The predicted molar refractivity (Wildman–Crippen MR) is 80.1 cm³/mol. The lowest BCUT2D eigenvalue weighted by molar-refractivity contribution is -0.115. The SMILES string of the molecule is Cc1ccc(NC(=O)CNC(=O)c2cc(C)n(C)n2)cc1. The van der Waals surface area contributed by atoms with Gasteiger partial charge in [0.15, 0.2) is 0 Å². The maximum atomic E-state index is 11.8. The average molecular weight is 286 g/mol. The van der Waals surface area contributed by atoms with Gasteiger partial charge in [-0.25, -0.2) is 0 Å². The molecule has 0 unspecified atom stereocenters. The molecule has 110 valence electrons. The number of nitrogens with zero attached hydrogens (tertiary/aromatic N) is 2. The Morgan fingerprint density at radius 2 is 1.86 bits per heavy atom. The minimum absolute atomic E-state index is 0.0949. The molecule has 6 heteroatoms. The molecule has 0 aliphatic carbocycles. The van der Waals surface area contributed by atoms with Gasteiger partial charge in [-0.3, -0.25) is 14.3 Å². The average Bonchev–Trinajstić information content (AvgIpc) is 2.79. The minimum Gasteiger partial charge on any atom is -0.342 e. The minimum atomic E-state index is -0.363. The largest absolute Gasteiger partial charge is 0.342 e. The van der Waals surface area contributed by atoms with E-state index in [0.29, 0.717) is 11.4 Å². The molecular weight excluding hydrogens is 268 g/mol. The van der Waals surface area contributed by atoms with Gasteiger partial charge in [0.2, 0.25) is 5.91 Å². The van der Waals surface area contributed by atoms with Crippen molar-refractivity contribution in [1.82, 2.24) is 15.1 Å². The third-order valence-corrected chi connectivity index (χ3v) is 3.09. The molecule has 21 heavy (non-hydrogen) atoms. The van der Waals surface area contributed by atoms with E-state index in [2.05, 4.69) is 15.7 Å². The Labute approximate surface area is 123 Å². The van der Waals surface area contributed by atoms with Crippen molar-refractivity contribution in [1.29, 1.82) is 0 Å². The molecule has 0 radical (unpaired) electrons. The molecule has 0 aliphatic rings. The van der Waals surface area contributed by atoms with Gasteiger partial charge >= 0.3 is 0 Å². The van der Waals surface area contributed by atoms with Gasteiger partial charge in [0.1, 0.15) is 5.69 Å². The van der Waals surface area contributed by atoms with Crippen LogP contribution in [-0.2, 0) is 11.8 Å². The third-order valence-electron chi connectivity index (χ3n) is 3.09. The van der Waals surface area contributed by atoms with Crippen LogP contribution in [0.2, 0.25) is 0 Å². The van der Waals surface area contributed by atoms with Gasteiger partial charge in [0.05, 0.1) is 6.54 Å². The van der Waals surface area contributed by atoms with Crippen molar-refractivity contribution in [2.75, 3.05) is 11.9 Å². The number of amides is 2. The van der Waals surface area contributed by atoms with Gasteiger partial charge in [-0.05, 0) is 32.0 Å². The molecular formula is C15H18N4O2. The molecule has 1 aromatic heterocycles. The van der Waals surface area contributed by atoms with E-state index >= 15 is 0 Å². The first-order valence-electron chi connectivity index (χ1n) is 6.61. The number of rotatable bonds is 4. The van der Waals surface area contributed by atoms with E-state index in [0.717, 1.165) is 11.3 Å². The smallest absolute Gasteiger partial charge is 0.272 e. The Morgan fingerprint density at radius 1 is 1.19 bits per heavy atom. The lowest BCUT2D eigenvalue weighted by Crippen LogP contribution is -2.33. The van der Waals surface area contributed by atoms with Crippen molar-refractivity contribution >= 4 is 17.5 Å². The van der Waals surface area contributed by atoms with Crippen LogP contribution in [0.3, 0.4) is 0 Å². The number of benzene rings is 1. The van der Waals surface area contributed by atoms with Crippen molar-refractivity contribution < 1.29 is 9.59 Å².